The Morgan fingerprint density at radius 2 is 1.85 bits per heavy atom. The van der Waals surface area contributed by atoms with Gasteiger partial charge >= 0.3 is 15.6 Å². The number of alkyl halides is 6. The molecule has 0 saturated carbocycles. The second-order valence-corrected chi connectivity index (χ2v) is 8.45. The average Bonchev–Trinajstić information content (AvgIpc) is 2.87. The first kappa shape index (κ1) is 20.7. The number of hydrogen-bond acceptors (Lipinski definition) is 2. The number of fused-ring (bicyclic) bond motifs is 1. The molecule has 0 aliphatic carbocycles. The van der Waals surface area contributed by atoms with Gasteiger partial charge in [0.05, 0.1) is 12.8 Å². The number of aromatic nitrogens is 1. The van der Waals surface area contributed by atoms with Crippen molar-refractivity contribution in [3.63, 3.8) is 0 Å². The van der Waals surface area contributed by atoms with Crippen molar-refractivity contribution < 1.29 is 17.6 Å². The molecule has 1 aromatic carbocycles. The van der Waals surface area contributed by atoms with Gasteiger partial charge in [-0.25, -0.2) is 6.57 Å². The van der Waals surface area contributed by atoms with Crippen molar-refractivity contribution in [2.75, 3.05) is 0 Å². The van der Waals surface area contributed by atoms with Gasteiger partial charge in [-0.1, -0.05) is 53.2 Å². The van der Waals surface area contributed by atoms with E-state index in [1.165, 1.54) is 10.8 Å². The molecular formula is C16H11Cl2F4N3S. The van der Waals surface area contributed by atoms with Crippen LogP contribution in [0.25, 0.3) is 15.7 Å². The van der Waals surface area contributed by atoms with Crippen LogP contribution in [0.15, 0.2) is 35.4 Å². The maximum atomic E-state index is 13.6. The van der Waals surface area contributed by atoms with E-state index in [0.29, 0.717) is 27.6 Å². The quantitative estimate of drug-likeness (QED) is 0.236. The molecule has 0 aliphatic heterocycles. The van der Waals surface area contributed by atoms with E-state index in [4.69, 9.17) is 29.8 Å². The Hall–Kier alpha value is -1.61. The normalized spacial score (nSPS) is 14.6. The van der Waals surface area contributed by atoms with Gasteiger partial charge in [0.15, 0.2) is 6.07 Å². The van der Waals surface area contributed by atoms with Gasteiger partial charge < -0.3 is 4.57 Å². The van der Waals surface area contributed by atoms with Gasteiger partial charge in [0.25, 0.3) is 0 Å². The fourth-order valence-electron chi connectivity index (χ4n) is 2.47. The Morgan fingerprint density at radius 1 is 1.19 bits per heavy atom. The van der Waals surface area contributed by atoms with E-state index in [1.54, 1.807) is 30.3 Å². The highest BCUT2D eigenvalue weighted by Crippen LogP contribution is 2.44. The Bertz CT molecular complexity index is 861. The fourth-order valence-corrected chi connectivity index (χ4v) is 3.68. The topological polar surface area (TPSA) is 33.1 Å². The lowest BCUT2D eigenvalue weighted by molar-refractivity contribution is -0.136. The molecule has 1 atom stereocenters. The van der Waals surface area contributed by atoms with Crippen LogP contribution in [0.5, 0.6) is 0 Å². The van der Waals surface area contributed by atoms with Crippen molar-refractivity contribution in [3.05, 3.63) is 41.9 Å². The maximum absolute atomic E-state index is 13.6. The Kier molecular flexibility index (Phi) is 6.02. The number of para-hydroxylation sites is 1. The minimum absolute atomic E-state index is 0.298. The SMILES string of the molecule is [C-]#[N+]C(C#N)(CCC(F)(F)F)Cn1cc(SC(F)(Cl)Cl)c2ccccc21. The zero-order valence-corrected chi connectivity index (χ0v) is 15.4. The van der Waals surface area contributed by atoms with Gasteiger partial charge in [0.1, 0.15) is 6.54 Å². The Balaban J connectivity index is 2.43. The molecule has 0 aliphatic rings. The lowest BCUT2D eigenvalue weighted by Crippen LogP contribution is -2.30. The summed E-state index contributed by atoms with van der Waals surface area (Å²) in [6.45, 7) is 6.94. The lowest BCUT2D eigenvalue weighted by atomic mass is 9.95. The molecule has 2 rings (SSSR count). The molecule has 0 saturated heterocycles. The average molecular weight is 424 g/mol. The number of benzene rings is 1. The van der Waals surface area contributed by atoms with E-state index in [9.17, 15) is 22.8 Å². The van der Waals surface area contributed by atoms with Crippen LogP contribution in [-0.2, 0) is 6.54 Å². The smallest absolute Gasteiger partial charge is 0.337 e. The highest BCUT2D eigenvalue weighted by Gasteiger charge is 2.42. The molecule has 3 nitrogen and oxygen atoms in total. The number of nitriles is 1. The van der Waals surface area contributed by atoms with E-state index < -0.39 is 28.5 Å². The molecule has 0 fully saturated rings. The van der Waals surface area contributed by atoms with E-state index in [-0.39, 0.29) is 6.54 Å². The number of thioether (sulfide) groups is 1. The molecule has 0 radical (unpaired) electrons. The van der Waals surface area contributed by atoms with Crippen LogP contribution in [0.4, 0.5) is 17.6 Å². The van der Waals surface area contributed by atoms with Crippen molar-refractivity contribution in [3.8, 4) is 6.07 Å². The van der Waals surface area contributed by atoms with Gasteiger partial charge in [0, 0.05) is 22.0 Å². The van der Waals surface area contributed by atoms with E-state index in [2.05, 4.69) is 4.85 Å². The molecule has 26 heavy (non-hydrogen) atoms. The summed E-state index contributed by atoms with van der Waals surface area (Å²) in [7, 11) is 0. The largest absolute Gasteiger partial charge is 0.389 e. The number of halogens is 6. The molecule has 0 amide bonds. The van der Waals surface area contributed by atoms with E-state index in [1.807, 2.05) is 0 Å². The summed E-state index contributed by atoms with van der Waals surface area (Å²) in [4.78, 5) is 3.51. The minimum Gasteiger partial charge on any atom is -0.337 e. The van der Waals surface area contributed by atoms with Crippen molar-refractivity contribution in [2.24, 2.45) is 0 Å². The molecule has 138 valence electrons. The molecule has 0 spiro atoms. The lowest BCUT2D eigenvalue weighted by Gasteiger charge is -2.17. The third-order valence-electron chi connectivity index (χ3n) is 3.65. The predicted molar refractivity (Wildman–Crippen MR) is 93.6 cm³/mol. The van der Waals surface area contributed by atoms with Crippen molar-refractivity contribution in [2.45, 2.75) is 39.9 Å². The highest BCUT2D eigenvalue weighted by atomic mass is 35.5. The van der Waals surface area contributed by atoms with E-state index in [0.717, 1.165) is 0 Å². The van der Waals surface area contributed by atoms with Crippen LogP contribution in [0.1, 0.15) is 12.8 Å². The van der Waals surface area contributed by atoms with Gasteiger partial charge in [-0.2, -0.15) is 22.8 Å². The molecule has 1 unspecified atom stereocenters. The monoisotopic (exact) mass is 423 g/mol. The summed E-state index contributed by atoms with van der Waals surface area (Å²) >= 11 is 11.3. The first-order valence-corrected chi connectivity index (χ1v) is 8.76. The standard InChI is InChI=1S/C16H11Cl2F4N3S/c1-24-14(9-23,6-7-15(19,20)21)10-25-8-13(26-16(17,18)22)11-4-2-3-5-12(11)25/h2-5,8H,6-7,10H2. The van der Waals surface area contributed by atoms with Crippen molar-refractivity contribution >= 4 is 45.9 Å². The first-order valence-electron chi connectivity index (χ1n) is 7.19. The van der Waals surface area contributed by atoms with Crippen LogP contribution in [-0.4, -0.2) is 20.2 Å². The molecule has 0 N–H and O–H groups in total. The number of hydrogen-bond donors (Lipinski definition) is 0. The number of nitrogens with zero attached hydrogens (tertiary/aromatic N) is 3. The third-order valence-corrected chi connectivity index (χ3v) is 4.89. The molecule has 10 heteroatoms. The number of rotatable bonds is 6. The Labute approximate surface area is 161 Å². The predicted octanol–water partition coefficient (Wildman–Crippen LogP) is 6.32. The van der Waals surface area contributed by atoms with E-state index >= 15 is 0 Å². The summed E-state index contributed by atoms with van der Waals surface area (Å²) in [5.74, 6) is 0. The summed E-state index contributed by atoms with van der Waals surface area (Å²) in [6, 6.07) is 8.38. The van der Waals surface area contributed by atoms with Crippen molar-refractivity contribution in [1.29, 1.82) is 5.26 Å². The first-order chi connectivity index (χ1) is 12.0. The summed E-state index contributed by atoms with van der Waals surface area (Å²) in [5.41, 5.74) is -1.36. The second-order valence-electron chi connectivity index (χ2n) is 5.56. The molecule has 2 aromatic rings. The van der Waals surface area contributed by atoms with Crippen LogP contribution < -0.4 is 0 Å². The van der Waals surface area contributed by atoms with Crippen molar-refractivity contribution in [1.82, 2.24) is 4.57 Å². The fraction of sp³-hybridized carbons (Fsp3) is 0.375. The molecule has 1 aromatic heterocycles. The van der Waals surface area contributed by atoms with Gasteiger partial charge in [-0.3, -0.25) is 4.85 Å². The summed E-state index contributed by atoms with van der Waals surface area (Å²) in [5, 5.41) is 9.91. The zero-order chi connectivity index (χ0) is 19.6. The zero-order valence-electron chi connectivity index (χ0n) is 13.0. The van der Waals surface area contributed by atoms with Crippen LogP contribution in [0, 0.1) is 17.9 Å². The van der Waals surface area contributed by atoms with Gasteiger partial charge in [0.2, 0.25) is 0 Å². The van der Waals surface area contributed by atoms with Gasteiger partial charge in [-0.15, -0.1) is 0 Å². The summed E-state index contributed by atoms with van der Waals surface area (Å²) in [6.07, 6.45) is -4.96. The summed E-state index contributed by atoms with van der Waals surface area (Å²) < 4.78 is 50.1. The second kappa shape index (κ2) is 7.56. The third kappa shape index (κ3) is 5.20. The maximum Gasteiger partial charge on any atom is 0.389 e. The molecule has 1 heterocycles. The Morgan fingerprint density at radius 3 is 2.38 bits per heavy atom. The molecule has 0 bridgehead atoms. The highest BCUT2D eigenvalue weighted by molar-refractivity contribution is 8.03. The van der Waals surface area contributed by atoms with Crippen LogP contribution in [0.3, 0.4) is 0 Å². The molecular weight excluding hydrogens is 413 g/mol. The van der Waals surface area contributed by atoms with Gasteiger partial charge in [-0.05, 0) is 6.07 Å². The van der Waals surface area contributed by atoms with Crippen LogP contribution in [0.2, 0.25) is 0 Å². The van der Waals surface area contributed by atoms with Crippen LogP contribution >= 0.6 is 35.0 Å². The minimum atomic E-state index is -4.47.